The van der Waals surface area contributed by atoms with Gasteiger partial charge in [-0.15, -0.1) is 0 Å². The van der Waals surface area contributed by atoms with Crippen molar-refractivity contribution in [1.29, 1.82) is 5.26 Å². The number of halogens is 4. The van der Waals surface area contributed by atoms with E-state index < -0.39 is 17.0 Å². The normalized spacial score (nSPS) is 11.0. The average molecular weight is 248 g/mol. The average Bonchev–Trinajstić information content (AvgIpc) is 2.14. The van der Waals surface area contributed by atoms with Crippen LogP contribution in [-0.2, 0) is 6.18 Å². The highest BCUT2D eigenvalue weighted by molar-refractivity contribution is 6.68. The number of carbonyl (C=O) groups excluding carboxylic acids is 1. The van der Waals surface area contributed by atoms with Crippen LogP contribution in [0.15, 0.2) is 12.1 Å². The Bertz CT molecular complexity index is 488. The molecule has 1 aromatic rings. The SMILES string of the molecule is Cc1c(C(F)(F)F)ccc(C#N)c1C(=O)Cl. The number of hydrogen-bond donors (Lipinski definition) is 0. The molecule has 6 heteroatoms. The number of rotatable bonds is 1. The summed E-state index contributed by atoms with van der Waals surface area (Å²) in [5.41, 5.74) is -1.84. The first-order chi connectivity index (χ1) is 7.29. The lowest BCUT2D eigenvalue weighted by molar-refractivity contribution is -0.138. The smallest absolute Gasteiger partial charge is 0.276 e. The summed E-state index contributed by atoms with van der Waals surface area (Å²) in [5.74, 6) is 0. The van der Waals surface area contributed by atoms with Gasteiger partial charge in [-0.25, -0.2) is 0 Å². The Labute approximate surface area is 94.2 Å². The summed E-state index contributed by atoms with van der Waals surface area (Å²) >= 11 is 5.16. The first-order valence-corrected chi connectivity index (χ1v) is 4.47. The molecule has 0 aliphatic carbocycles. The van der Waals surface area contributed by atoms with Crippen molar-refractivity contribution in [2.45, 2.75) is 13.1 Å². The van der Waals surface area contributed by atoms with E-state index in [4.69, 9.17) is 16.9 Å². The van der Waals surface area contributed by atoms with Gasteiger partial charge >= 0.3 is 6.18 Å². The second kappa shape index (κ2) is 4.14. The van der Waals surface area contributed by atoms with Gasteiger partial charge in [-0.2, -0.15) is 18.4 Å². The van der Waals surface area contributed by atoms with Gasteiger partial charge in [-0.1, -0.05) is 0 Å². The minimum Gasteiger partial charge on any atom is -0.276 e. The van der Waals surface area contributed by atoms with Crippen LogP contribution >= 0.6 is 11.6 Å². The van der Waals surface area contributed by atoms with E-state index in [9.17, 15) is 18.0 Å². The summed E-state index contributed by atoms with van der Waals surface area (Å²) < 4.78 is 37.5. The molecule has 0 aliphatic rings. The molecule has 0 fully saturated rings. The Kier molecular flexibility index (Phi) is 3.24. The summed E-state index contributed by atoms with van der Waals surface area (Å²) in [6, 6.07) is 3.32. The lowest BCUT2D eigenvalue weighted by atomic mass is 9.98. The largest absolute Gasteiger partial charge is 0.416 e. The minimum absolute atomic E-state index is 0.162. The molecule has 0 aliphatic heterocycles. The fourth-order valence-electron chi connectivity index (χ4n) is 1.37. The molecule has 16 heavy (non-hydrogen) atoms. The van der Waals surface area contributed by atoms with Gasteiger partial charge in [0.25, 0.3) is 5.24 Å². The molecule has 0 atom stereocenters. The summed E-state index contributed by atoms with van der Waals surface area (Å²) in [6.07, 6.45) is -4.57. The maximum atomic E-state index is 12.5. The molecule has 2 nitrogen and oxygen atoms in total. The van der Waals surface area contributed by atoms with Crippen LogP contribution in [0.1, 0.15) is 27.0 Å². The van der Waals surface area contributed by atoms with E-state index in [1.807, 2.05) is 0 Å². The second-order valence-corrected chi connectivity index (χ2v) is 3.39. The summed E-state index contributed by atoms with van der Waals surface area (Å²) in [6.45, 7) is 1.11. The van der Waals surface area contributed by atoms with Crippen molar-refractivity contribution in [1.82, 2.24) is 0 Å². The summed E-state index contributed by atoms with van der Waals surface area (Å²) in [7, 11) is 0. The molecule has 0 spiro atoms. The molecule has 0 amide bonds. The zero-order valence-corrected chi connectivity index (χ0v) is 8.78. The second-order valence-electron chi connectivity index (χ2n) is 3.04. The van der Waals surface area contributed by atoms with Gasteiger partial charge in [0.1, 0.15) is 0 Å². The first-order valence-electron chi connectivity index (χ1n) is 4.09. The highest BCUT2D eigenvalue weighted by Crippen LogP contribution is 2.34. The van der Waals surface area contributed by atoms with Crippen molar-refractivity contribution in [3.8, 4) is 6.07 Å². The van der Waals surface area contributed by atoms with Crippen molar-refractivity contribution >= 4 is 16.8 Å². The molecule has 0 radical (unpaired) electrons. The monoisotopic (exact) mass is 247 g/mol. The molecular weight excluding hydrogens is 243 g/mol. The topological polar surface area (TPSA) is 40.9 Å². The van der Waals surface area contributed by atoms with E-state index in [-0.39, 0.29) is 16.7 Å². The predicted molar refractivity (Wildman–Crippen MR) is 51.1 cm³/mol. The number of carbonyl (C=O) groups is 1. The Morgan fingerprint density at radius 3 is 2.38 bits per heavy atom. The van der Waals surface area contributed by atoms with Crippen LogP contribution in [0, 0.1) is 18.3 Å². The fourth-order valence-corrected chi connectivity index (χ4v) is 1.61. The lowest BCUT2D eigenvalue weighted by Gasteiger charge is -2.12. The molecule has 1 rings (SSSR count). The number of nitriles is 1. The third-order valence-corrected chi connectivity index (χ3v) is 2.28. The standard InChI is InChI=1S/C10H5ClF3NO/c1-5-7(10(12,13)14)3-2-6(4-15)8(5)9(11)16/h2-3H,1H3. The maximum Gasteiger partial charge on any atom is 0.416 e. The molecule has 0 N–H and O–H groups in total. The molecule has 84 valence electrons. The lowest BCUT2D eigenvalue weighted by Crippen LogP contribution is -2.11. The van der Waals surface area contributed by atoms with Crippen molar-refractivity contribution in [3.63, 3.8) is 0 Å². The molecule has 0 heterocycles. The molecule has 0 unspecified atom stereocenters. The summed E-state index contributed by atoms with van der Waals surface area (Å²) in [4.78, 5) is 11.0. The first kappa shape index (κ1) is 12.5. The van der Waals surface area contributed by atoms with Gasteiger partial charge in [0, 0.05) is 0 Å². The van der Waals surface area contributed by atoms with E-state index in [2.05, 4.69) is 0 Å². The number of benzene rings is 1. The highest BCUT2D eigenvalue weighted by atomic mass is 35.5. The van der Waals surface area contributed by atoms with Gasteiger partial charge in [0.15, 0.2) is 0 Å². The molecule has 0 aromatic heterocycles. The maximum absolute atomic E-state index is 12.5. The van der Waals surface area contributed by atoms with E-state index in [0.717, 1.165) is 19.1 Å². The van der Waals surface area contributed by atoms with Gasteiger partial charge in [-0.05, 0) is 36.2 Å². The third kappa shape index (κ3) is 2.17. The predicted octanol–water partition coefficient (Wildman–Crippen LogP) is 3.26. The van der Waals surface area contributed by atoms with Crippen molar-refractivity contribution in [2.24, 2.45) is 0 Å². The van der Waals surface area contributed by atoms with Gasteiger partial charge < -0.3 is 0 Å². The highest BCUT2D eigenvalue weighted by Gasteiger charge is 2.34. The van der Waals surface area contributed by atoms with Crippen LogP contribution in [-0.4, -0.2) is 5.24 Å². The van der Waals surface area contributed by atoms with E-state index in [1.165, 1.54) is 0 Å². The Morgan fingerprint density at radius 1 is 1.44 bits per heavy atom. The summed E-state index contributed by atoms with van der Waals surface area (Å²) in [5, 5.41) is 7.57. The molecule has 0 saturated heterocycles. The van der Waals surface area contributed by atoms with Crippen LogP contribution < -0.4 is 0 Å². The molecule has 1 aromatic carbocycles. The van der Waals surface area contributed by atoms with Gasteiger partial charge in [-0.3, -0.25) is 4.79 Å². The van der Waals surface area contributed by atoms with E-state index >= 15 is 0 Å². The van der Waals surface area contributed by atoms with E-state index in [0.29, 0.717) is 0 Å². The van der Waals surface area contributed by atoms with Gasteiger partial charge in [0.05, 0.1) is 22.8 Å². The fraction of sp³-hybridized carbons (Fsp3) is 0.200. The van der Waals surface area contributed by atoms with Crippen molar-refractivity contribution in [3.05, 3.63) is 34.4 Å². The van der Waals surface area contributed by atoms with Gasteiger partial charge in [0.2, 0.25) is 0 Å². The van der Waals surface area contributed by atoms with Crippen LogP contribution in [0.25, 0.3) is 0 Å². The minimum atomic E-state index is -4.57. The van der Waals surface area contributed by atoms with Crippen molar-refractivity contribution < 1.29 is 18.0 Å². The Balaban J connectivity index is 3.58. The molecular formula is C10H5ClF3NO. The quantitative estimate of drug-likeness (QED) is 0.715. The van der Waals surface area contributed by atoms with Crippen LogP contribution in [0.2, 0.25) is 0 Å². The van der Waals surface area contributed by atoms with Crippen molar-refractivity contribution in [2.75, 3.05) is 0 Å². The van der Waals surface area contributed by atoms with E-state index in [1.54, 1.807) is 6.07 Å². The molecule has 0 bridgehead atoms. The van der Waals surface area contributed by atoms with Crippen LogP contribution in [0.5, 0.6) is 0 Å². The number of hydrogen-bond acceptors (Lipinski definition) is 2. The number of nitrogens with zero attached hydrogens (tertiary/aromatic N) is 1. The van der Waals surface area contributed by atoms with Crippen LogP contribution in [0.3, 0.4) is 0 Å². The zero-order chi connectivity index (χ0) is 12.5. The number of alkyl halides is 3. The Hall–Kier alpha value is -1.54. The third-order valence-electron chi connectivity index (χ3n) is 2.09. The Morgan fingerprint density at radius 2 is 2.00 bits per heavy atom. The van der Waals surface area contributed by atoms with Crippen LogP contribution in [0.4, 0.5) is 13.2 Å². The zero-order valence-electron chi connectivity index (χ0n) is 8.02. The molecule has 0 saturated carbocycles.